The van der Waals surface area contributed by atoms with Gasteiger partial charge in [0, 0.05) is 7.05 Å². The van der Waals surface area contributed by atoms with Crippen molar-refractivity contribution in [3.63, 3.8) is 0 Å². The fourth-order valence-electron chi connectivity index (χ4n) is 1.23. The number of carbonyl (C=O) groups excluding carboxylic acids is 1. The van der Waals surface area contributed by atoms with Crippen molar-refractivity contribution in [1.82, 2.24) is 4.90 Å². The van der Waals surface area contributed by atoms with Crippen molar-refractivity contribution in [3.05, 3.63) is 35.9 Å². The predicted molar refractivity (Wildman–Crippen MR) is 61.4 cm³/mol. The molecule has 0 aliphatic carbocycles. The molecule has 0 radical (unpaired) electrons. The lowest BCUT2D eigenvalue weighted by Crippen LogP contribution is -2.34. The van der Waals surface area contributed by atoms with E-state index in [-0.39, 0.29) is 19.1 Å². The van der Waals surface area contributed by atoms with Crippen molar-refractivity contribution in [1.29, 1.82) is 0 Å². The van der Waals surface area contributed by atoms with Gasteiger partial charge in [0.15, 0.2) is 0 Å². The van der Waals surface area contributed by atoms with Gasteiger partial charge in [-0.05, 0) is 5.56 Å². The van der Waals surface area contributed by atoms with Crippen LogP contribution in [0, 0.1) is 0 Å². The van der Waals surface area contributed by atoms with E-state index in [0.29, 0.717) is 6.61 Å². The molecule has 1 rings (SSSR count). The molecule has 1 aromatic carbocycles. The lowest BCUT2D eigenvalue weighted by atomic mass is 10.2. The number of amides is 1. The molecule has 1 aromatic rings. The molecule has 92 valence electrons. The molecule has 0 aliphatic rings. The Morgan fingerprint density at radius 2 is 1.94 bits per heavy atom. The Labute approximate surface area is 99.6 Å². The highest BCUT2D eigenvalue weighted by Gasteiger charge is 2.11. The minimum absolute atomic E-state index is 0.112. The van der Waals surface area contributed by atoms with Gasteiger partial charge in [-0.25, -0.2) is 0 Å². The Balaban J connectivity index is 2.27. The number of carboxylic acid groups (broad SMARTS) is 1. The zero-order valence-electron chi connectivity index (χ0n) is 9.63. The number of benzene rings is 1. The number of carbonyl (C=O) groups is 2. The van der Waals surface area contributed by atoms with Crippen LogP contribution in [0.25, 0.3) is 0 Å². The van der Waals surface area contributed by atoms with Gasteiger partial charge in [0.25, 0.3) is 0 Å². The van der Waals surface area contributed by atoms with E-state index in [1.54, 1.807) is 0 Å². The summed E-state index contributed by atoms with van der Waals surface area (Å²) in [7, 11) is 1.43. The third-order valence-electron chi connectivity index (χ3n) is 2.14. The lowest BCUT2D eigenvalue weighted by Gasteiger charge is -2.14. The van der Waals surface area contributed by atoms with E-state index >= 15 is 0 Å². The topological polar surface area (TPSA) is 66.8 Å². The predicted octanol–water partition coefficient (Wildman–Crippen LogP) is 0.746. The van der Waals surface area contributed by atoms with Gasteiger partial charge >= 0.3 is 5.97 Å². The third kappa shape index (κ3) is 5.12. The van der Waals surface area contributed by atoms with Crippen molar-refractivity contribution >= 4 is 11.9 Å². The van der Waals surface area contributed by atoms with Gasteiger partial charge < -0.3 is 14.7 Å². The molecule has 5 heteroatoms. The van der Waals surface area contributed by atoms with Crippen LogP contribution >= 0.6 is 0 Å². The highest BCUT2D eigenvalue weighted by atomic mass is 16.5. The first-order valence-electron chi connectivity index (χ1n) is 5.17. The van der Waals surface area contributed by atoms with Gasteiger partial charge in [0.2, 0.25) is 5.91 Å². The smallest absolute Gasteiger partial charge is 0.323 e. The van der Waals surface area contributed by atoms with Crippen LogP contribution in [0.3, 0.4) is 0 Å². The first-order valence-corrected chi connectivity index (χ1v) is 5.17. The molecule has 1 amide bonds. The number of aliphatic carboxylic acids is 1. The maximum Gasteiger partial charge on any atom is 0.323 e. The summed E-state index contributed by atoms with van der Waals surface area (Å²) in [5.41, 5.74) is 0.973. The quantitative estimate of drug-likeness (QED) is 0.792. The Morgan fingerprint density at radius 1 is 1.29 bits per heavy atom. The summed E-state index contributed by atoms with van der Waals surface area (Å²) in [5.74, 6) is -1.38. The van der Waals surface area contributed by atoms with E-state index in [4.69, 9.17) is 9.84 Å². The molecule has 0 heterocycles. The molecule has 1 N–H and O–H groups in total. The van der Waals surface area contributed by atoms with Crippen molar-refractivity contribution in [3.8, 4) is 0 Å². The van der Waals surface area contributed by atoms with Crippen LogP contribution in [0.15, 0.2) is 30.3 Å². The van der Waals surface area contributed by atoms with Gasteiger partial charge in [-0.3, -0.25) is 9.59 Å². The molecule has 0 fully saturated rings. The molecular formula is C12H15NO4. The summed E-state index contributed by atoms with van der Waals surface area (Å²) in [6, 6.07) is 9.46. The number of rotatable bonds is 6. The normalized spacial score (nSPS) is 9.94. The Kier molecular flexibility index (Phi) is 5.16. The zero-order valence-corrected chi connectivity index (χ0v) is 9.63. The molecule has 0 atom stereocenters. The first-order chi connectivity index (χ1) is 8.09. The van der Waals surface area contributed by atoms with Crippen molar-refractivity contribution in [2.24, 2.45) is 0 Å². The minimum Gasteiger partial charge on any atom is -0.480 e. The molecule has 0 aromatic heterocycles. The molecular weight excluding hydrogens is 222 g/mol. The number of likely N-dealkylation sites (N-methyl/N-ethyl adjacent to an activating group) is 1. The first kappa shape index (κ1) is 13.2. The van der Waals surface area contributed by atoms with E-state index in [9.17, 15) is 9.59 Å². The van der Waals surface area contributed by atoms with Crippen LogP contribution in [0.2, 0.25) is 0 Å². The van der Waals surface area contributed by atoms with Crippen molar-refractivity contribution < 1.29 is 19.4 Å². The second-order valence-corrected chi connectivity index (χ2v) is 3.62. The fourth-order valence-corrected chi connectivity index (χ4v) is 1.23. The molecule has 0 bridgehead atoms. The lowest BCUT2D eigenvalue weighted by molar-refractivity contribution is -0.145. The van der Waals surface area contributed by atoms with E-state index < -0.39 is 5.97 Å². The molecule has 0 saturated heterocycles. The molecule has 0 saturated carbocycles. The Bertz CT molecular complexity index is 377. The fraction of sp³-hybridized carbons (Fsp3) is 0.333. The highest BCUT2D eigenvalue weighted by molar-refractivity contribution is 5.81. The van der Waals surface area contributed by atoms with E-state index in [2.05, 4.69) is 0 Å². The van der Waals surface area contributed by atoms with Crippen LogP contribution in [0.5, 0.6) is 0 Å². The van der Waals surface area contributed by atoms with Crippen LogP contribution in [-0.4, -0.2) is 42.1 Å². The van der Waals surface area contributed by atoms with Gasteiger partial charge in [-0.1, -0.05) is 30.3 Å². The average molecular weight is 237 g/mol. The second kappa shape index (κ2) is 6.65. The zero-order chi connectivity index (χ0) is 12.7. The van der Waals surface area contributed by atoms with Crippen molar-refractivity contribution in [2.45, 2.75) is 6.61 Å². The molecule has 5 nitrogen and oxygen atoms in total. The van der Waals surface area contributed by atoms with E-state index in [1.165, 1.54) is 7.05 Å². The van der Waals surface area contributed by atoms with E-state index in [0.717, 1.165) is 10.5 Å². The number of ether oxygens (including phenoxy) is 1. The number of hydrogen-bond donors (Lipinski definition) is 1. The minimum atomic E-state index is -1.04. The average Bonchev–Trinajstić information content (AvgIpc) is 2.29. The van der Waals surface area contributed by atoms with E-state index in [1.807, 2.05) is 30.3 Å². The van der Waals surface area contributed by atoms with Crippen LogP contribution in [-0.2, 0) is 20.9 Å². The maximum atomic E-state index is 11.4. The molecule has 0 spiro atoms. The summed E-state index contributed by atoms with van der Waals surface area (Å²) in [5, 5.41) is 8.50. The summed E-state index contributed by atoms with van der Waals surface area (Å²) in [4.78, 5) is 22.9. The maximum absolute atomic E-state index is 11.4. The summed E-state index contributed by atoms with van der Waals surface area (Å²) in [6.07, 6.45) is 0. The summed E-state index contributed by atoms with van der Waals surface area (Å²) >= 11 is 0. The van der Waals surface area contributed by atoms with Crippen molar-refractivity contribution in [2.75, 3.05) is 20.2 Å². The van der Waals surface area contributed by atoms with Gasteiger partial charge in [-0.15, -0.1) is 0 Å². The van der Waals surface area contributed by atoms with Crippen LogP contribution in [0.4, 0.5) is 0 Å². The Hall–Kier alpha value is -1.88. The standard InChI is InChI=1S/C12H15NO4/c1-13(7-12(15)16)11(14)9-17-8-10-5-3-2-4-6-10/h2-6H,7-9H2,1H3,(H,15,16). The second-order valence-electron chi connectivity index (χ2n) is 3.62. The Morgan fingerprint density at radius 3 is 2.53 bits per heavy atom. The van der Waals surface area contributed by atoms with Crippen LogP contribution < -0.4 is 0 Å². The number of carboxylic acids is 1. The SMILES string of the molecule is CN(CC(=O)O)C(=O)COCc1ccccc1. The van der Waals surface area contributed by atoms with Gasteiger partial charge in [0.05, 0.1) is 6.61 Å². The largest absolute Gasteiger partial charge is 0.480 e. The summed E-state index contributed by atoms with van der Waals surface area (Å²) < 4.78 is 5.20. The number of nitrogens with zero attached hydrogens (tertiary/aromatic N) is 1. The highest BCUT2D eigenvalue weighted by Crippen LogP contribution is 2.00. The molecule has 0 unspecified atom stereocenters. The monoisotopic (exact) mass is 237 g/mol. The van der Waals surface area contributed by atoms with Crippen LogP contribution in [0.1, 0.15) is 5.56 Å². The van der Waals surface area contributed by atoms with Gasteiger partial charge in [-0.2, -0.15) is 0 Å². The molecule has 17 heavy (non-hydrogen) atoms. The number of hydrogen-bond acceptors (Lipinski definition) is 3. The van der Waals surface area contributed by atoms with Gasteiger partial charge in [0.1, 0.15) is 13.2 Å². The summed E-state index contributed by atoms with van der Waals surface area (Å²) in [6.45, 7) is -0.0836. The molecule has 0 aliphatic heterocycles. The third-order valence-corrected chi connectivity index (χ3v) is 2.14.